The third kappa shape index (κ3) is 2.24. The van der Waals surface area contributed by atoms with Gasteiger partial charge in [-0.15, -0.1) is 0 Å². The molecule has 0 fully saturated rings. The predicted octanol–water partition coefficient (Wildman–Crippen LogP) is 2.06. The number of hydrogen-bond acceptors (Lipinski definition) is 4. The van der Waals surface area contributed by atoms with E-state index in [9.17, 15) is 9.59 Å². The van der Waals surface area contributed by atoms with E-state index in [2.05, 4.69) is 4.98 Å². The lowest BCUT2D eigenvalue weighted by Gasteiger charge is -2.21. The molecule has 4 rings (SSSR count). The zero-order valence-corrected chi connectivity index (χ0v) is 12.5. The van der Waals surface area contributed by atoms with Crippen molar-refractivity contribution in [1.29, 1.82) is 0 Å². The number of carbonyl (C=O) groups excluding carboxylic acids is 2. The van der Waals surface area contributed by atoms with Crippen LogP contribution in [0.1, 0.15) is 44.0 Å². The van der Waals surface area contributed by atoms with Crippen molar-refractivity contribution in [3.8, 4) is 11.1 Å². The average Bonchev–Trinajstić information content (AvgIpc) is 2.94. The zero-order valence-electron chi connectivity index (χ0n) is 12.5. The number of fused-ring (bicyclic) bond motifs is 2. The van der Waals surface area contributed by atoms with Gasteiger partial charge in [-0.1, -0.05) is 18.2 Å². The quantitative estimate of drug-likeness (QED) is 0.920. The number of Topliss-reactive ketones (excluding diaryl/α,β-unsaturated/α-hetero) is 1. The first-order chi connectivity index (χ1) is 11.1. The van der Waals surface area contributed by atoms with Gasteiger partial charge in [0.1, 0.15) is 5.69 Å². The summed E-state index contributed by atoms with van der Waals surface area (Å²) in [5.41, 5.74) is 11.2. The van der Waals surface area contributed by atoms with Gasteiger partial charge in [0.05, 0.1) is 13.2 Å². The van der Waals surface area contributed by atoms with Crippen LogP contribution < -0.4 is 5.73 Å². The SMILES string of the molecule is NC(=O)c1ncc(-c2ccc3c(c2)CCC3=O)c2c1[CH]COC2. The molecule has 0 unspecified atom stereocenters. The number of aromatic nitrogens is 1. The number of benzene rings is 1. The molecule has 2 aromatic rings. The Morgan fingerprint density at radius 1 is 1.22 bits per heavy atom. The molecule has 1 amide bonds. The van der Waals surface area contributed by atoms with Gasteiger partial charge in [0.25, 0.3) is 5.91 Å². The van der Waals surface area contributed by atoms with Crippen molar-refractivity contribution in [2.45, 2.75) is 19.4 Å². The van der Waals surface area contributed by atoms with Gasteiger partial charge >= 0.3 is 0 Å². The van der Waals surface area contributed by atoms with Crippen LogP contribution in [0, 0.1) is 6.42 Å². The minimum Gasteiger partial charge on any atom is -0.376 e. The lowest BCUT2D eigenvalue weighted by molar-refractivity contribution is 0.0984. The topological polar surface area (TPSA) is 82.3 Å². The van der Waals surface area contributed by atoms with Gasteiger partial charge in [0.2, 0.25) is 0 Å². The summed E-state index contributed by atoms with van der Waals surface area (Å²) in [6, 6.07) is 5.84. The van der Waals surface area contributed by atoms with Crippen LogP contribution in [0.2, 0.25) is 0 Å². The summed E-state index contributed by atoms with van der Waals surface area (Å²) < 4.78 is 5.51. The van der Waals surface area contributed by atoms with E-state index in [1.54, 1.807) is 6.20 Å². The van der Waals surface area contributed by atoms with Crippen LogP contribution in [0.3, 0.4) is 0 Å². The minimum absolute atomic E-state index is 0.201. The molecule has 2 heterocycles. The normalized spacial score (nSPS) is 16.1. The molecule has 1 aromatic carbocycles. The molecular weight excluding hydrogens is 292 g/mol. The molecule has 1 aliphatic heterocycles. The number of primary amides is 1. The summed E-state index contributed by atoms with van der Waals surface area (Å²) in [6.07, 6.45) is 4.86. The van der Waals surface area contributed by atoms with Gasteiger partial charge in [-0.25, -0.2) is 0 Å². The van der Waals surface area contributed by atoms with Crippen molar-refractivity contribution in [3.05, 3.63) is 58.8 Å². The molecule has 5 heteroatoms. The molecule has 1 radical (unpaired) electrons. The number of rotatable bonds is 2. The Bertz CT molecular complexity index is 842. The van der Waals surface area contributed by atoms with Crippen LogP contribution in [-0.2, 0) is 17.8 Å². The van der Waals surface area contributed by atoms with Crippen LogP contribution in [0.4, 0.5) is 0 Å². The van der Waals surface area contributed by atoms with E-state index >= 15 is 0 Å². The summed E-state index contributed by atoms with van der Waals surface area (Å²) >= 11 is 0. The number of hydrogen-bond donors (Lipinski definition) is 1. The highest BCUT2D eigenvalue weighted by Gasteiger charge is 2.24. The molecule has 0 saturated heterocycles. The van der Waals surface area contributed by atoms with Crippen molar-refractivity contribution in [2.24, 2.45) is 5.73 Å². The van der Waals surface area contributed by atoms with Crippen LogP contribution in [-0.4, -0.2) is 23.3 Å². The van der Waals surface area contributed by atoms with Crippen molar-refractivity contribution in [2.75, 3.05) is 6.61 Å². The van der Waals surface area contributed by atoms with Gasteiger partial charge in [0.15, 0.2) is 5.78 Å². The Labute approximate surface area is 133 Å². The Morgan fingerprint density at radius 2 is 2.09 bits per heavy atom. The summed E-state index contributed by atoms with van der Waals surface area (Å²) in [4.78, 5) is 27.6. The second-order valence-electron chi connectivity index (χ2n) is 5.79. The Kier molecular flexibility index (Phi) is 3.23. The molecule has 2 N–H and O–H groups in total. The number of ketones is 1. The molecule has 1 aliphatic carbocycles. The van der Waals surface area contributed by atoms with Crippen molar-refractivity contribution in [3.63, 3.8) is 0 Å². The first-order valence-electron chi connectivity index (χ1n) is 7.54. The lowest BCUT2D eigenvalue weighted by atomic mass is 9.92. The summed E-state index contributed by atoms with van der Waals surface area (Å²) in [7, 11) is 0. The second kappa shape index (κ2) is 5.28. The number of carbonyl (C=O) groups is 2. The molecule has 0 atom stereocenters. The maximum Gasteiger partial charge on any atom is 0.267 e. The first-order valence-corrected chi connectivity index (χ1v) is 7.54. The Balaban J connectivity index is 1.87. The highest BCUT2D eigenvalue weighted by molar-refractivity contribution is 6.01. The van der Waals surface area contributed by atoms with Gasteiger partial charge in [-0.05, 0) is 28.7 Å². The standard InChI is InChI=1S/C18H15N2O3/c19-18(22)17-13-5-6-23-9-15(13)14(8-20-17)11-1-3-12-10(7-11)2-4-16(12)21/h1,3,5,7-8H,2,4,6,9H2,(H2,19,22). The fraction of sp³-hybridized carbons (Fsp3) is 0.222. The second-order valence-corrected chi connectivity index (χ2v) is 5.79. The van der Waals surface area contributed by atoms with Crippen LogP contribution in [0.5, 0.6) is 0 Å². The minimum atomic E-state index is -0.537. The van der Waals surface area contributed by atoms with Gasteiger partial charge in [0, 0.05) is 30.2 Å². The maximum absolute atomic E-state index is 11.8. The van der Waals surface area contributed by atoms with Gasteiger partial charge in [-0.3, -0.25) is 14.6 Å². The summed E-state index contributed by atoms with van der Waals surface area (Å²) in [5.74, 6) is -0.335. The Morgan fingerprint density at radius 3 is 2.91 bits per heavy atom. The van der Waals surface area contributed by atoms with E-state index in [1.165, 1.54) is 0 Å². The smallest absolute Gasteiger partial charge is 0.267 e. The van der Waals surface area contributed by atoms with E-state index in [0.29, 0.717) is 19.6 Å². The van der Waals surface area contributed by atoms with Gasteiger partial charge in [-0.2, -0.15) is 0 Å². The molecule has 23 heavy (non-hydrogen) atoms. The molecule has 115 valence electrons. The summed E-state index contributed by atoms with van der Waals surface area (Å²) in [5, 5.41) is 0. The fourth-order valence-electron chi connectivity index (χ4n) is 3.31. The van der Waals surface area contributed by atoms with E-state index in [-0.39, 0.29) is 11.5 Å². The predicted molar refractivity (Wildman–Crippen MR) is 83.9 cm³/mol. The van der Waals surface area contributed by atoms with E-state index in [1.807, 2.05) is 24.6 Å². The number of amides is 1. The van der Waals surface area contributed by atoms with Gasteiger partial charge < -0.3 is 10.5 Å². The number of nitrogens with two attached hydrogens (primary N) is 1. The number of aryl methyl sites for hydroxylation is 1. The zero-order chi connectivity index (χ0) is 16.0. The highest BCUT2D eigenvalue weighted by Crippen LogP contribution is 2.34. The largest absolute Gasteiger partial charge is 0.376 e. The average molecular weight is 307 g/mol. The maximum atomic E-state index is 11.8. The molecular formula is C18H15N2O3. The molecule has 1 aromatic heterocycles. The van der Waals surface area contributed by atoms with Crippen molar-refractivity contribution >= 4 is 11.7 Å². The van der Waals surface area contributed by atoms with Crippen LogP contribution in [0.25, 0.3) is 11.1 Å². The lowest BCUT2D eigenvalue weighted by Crippen LogP contribution is -2.21. The highest BCUT2D eigenvalue weighted by atomic mass is 16.5. The molecule has 0 saturated carbocycles. The number of pyridine rings is 1. The molecule has 0 spiro atoms. The van der Waals surface area contributed by atoms with Crippen LogP contribution >= 0.6 is 0 Å². The molecule has 0 bridgehead atoms. The third-order valence-corrected chi connectivity index (χ3v) is 4.45. The summed E-state index contributed by atoms with van der Waals surface area (Å²) in [6.45, 7) is 0.858. The molecule has 2 aliphatic rings. The molecule has 5 nitrogen and oxygen atoms in total. The number of nitrogens with zero attached hydrogens (tertiary/aromatic N) is 1. The Hall–Kier alpha value is -2.53. The van der Waals surface area contributed by atoms with E-state index in [0.717, 1.165) is 39.8 Å². The number of ether oxygens (including phenoxy) is 1. The monoisotopic (exact) mass is 307 g/mol. The third-order valence-electron chi connectivity index (χ3n) is 4.45. The fourth-order valence-corrected chi connectivity index (χ4v) is 3.31. The van der Waals surface area contributed by atoms with Crippen molar-refractivity contribution in [1.82, 2.24) is 4.98 Å². The van der Waals surface area contributed by atoms with E-state index in [4.69, 9.17) is 10.5 Å². The van der Waals surface area contributed by atoms with E-state index < -0.39 is 5.91 Å². The van der Waals surface area contributed by atoms with Crippen molar-refractivity contribution < 1.29 is 14.3 Å². The first kappa shape index (κ1) is 14.1. The van der Waals surface area contributed by atoms with Crippen LogP contribution in [0.15, 0.2) is 24.4 Å².